The number of amides is 1. The van der Waals surface area contributed by atoms with E-state index in [2.05, 4.69) is 10.1 Å². The highest BCUT2D eigenvalue weighted by Crippen LogP contribution is 2.16. The van der Waals surface area contributed by atoms with Crippen LogP contribution < -0.4 is 0 Å². The summed E-state index contributed by atoms with van der Waals surface area (Å²) in [5, 5.41) is 13.7. The number of aliphatic hydroxyl groups excluding tert-OH is 1. The lowest BCUT2D eigenvalue weighted by atomic mass is 10.1. The summed E-state index contributed by atoms with van der Waals surface area (Å²) in [6.07, 6.45) is 1.58. The van der Waals surface area contributed by atoms with Gasteiger partial charge in [-0.15, -0.1) is 0 Å². The zero-order chi connectivity index (χ0) is 15.0. The Morgan fingerprint density at radius 1 is 1.52 bits per heavy atom. The summed E-state index contributed by atoms with van der Waals surface area (Å²) in [6.45, 7) is 4.94. The van der Waals surface area contributed by atoms with Gasteiger partial charge in [0.15, 0.2) is 5.65 Å². The number of ether oxygens (including phenoxy) is 1. The summed E-state index contributed by atoms with van der Waals surface area (Å²) in [7, 11) is 0. The van der Waals surface area contributed by atoms with Crippen LogP contribution in [0.15, 0.2) is 12.3 Å². The molecule has 3 heterocycles. The van der Waals surface area contributed by atoms with E-state index < -0.39 is 0 Å². The number of morpholine rings is 1. The van der Waals surface area contributed by atoms with Gasteiger partial charge in [0.25, 0.3) is 5.91 Å². The van der Waals surface area contributed by atoms with Gasteiger partial charge in [-0.25, -0.2) is 9.50 Å². The summed E-state index contributed by atoms with van der Waals surface area (Å²) in [5.41, 5.74) is 2.84. The van der Waals surface area contributed by atoms with Crippen LogP contribution in [-0.4, -0.2) is 62.9 Å². The third kappa shape index (κ3) is 2.38. The quantitative estimate of drug-likeness (QED) is 0.853. The lowest BCUT2D eigenvalue weighted by Crippen LogP contribution is -2.50. The van der Waals surface area contributed by atoms with Gasteiger partial charge < -0.3 is 14.7 Å². The van der Waals surface area contributed by atoms with Crippen molar-refractivity contribution in [2.24, 2.45) is 0 Å². The fourth-order valence-corrected chi connectivity index (χ4v) is 2.60. The molecule has 1 fully saturated rings. The fraction of sp³-hybridized carbons (Fsp3) is 0.500. The van der Waals surface area contributed by atoms with E-state index in [1.165, 1.54) is 0 Å². The molecule has 1 atom stereocenters. The van der Waals surface area contributed by atoms with Crippen LogP contribution in [0.3, 0.4) is 0 Å². The third-order valence-corrected chi connectivity index (χ3v) is 3.78. The van der Waals surface area contributed by atoms with Crippen LogP contribution in [0, 0.1) is 13.8 Å². The Balaban J connectivity index is 1.99. The number of fused-ring (bicyclic) bond motifs is 1. The van der Waals surface area contributed by atoms with Crippen LogP contribution in [0.4, 0.5) is 0 Å². The number of carbonyl (C=O) groups excluding carboxylic acids is 1. The average Bonchev–Trinajstić information content (AvgIpc) is 2.88. The van der Waals surface area contributed by atoms with E-state index in [0.29, 0.717) is 25.3 Å². The molecule has 0 radical (unpaired) electrons. The molecular weight excluding hydrogens is 272 g/mol. The van der Waals surface area contributed by atoms with Crippen LogP contribution in [0.5, 0.6) is 0 Å². The summed E-state index contributed by atoms with van der Waals surface area (Å²) >= 11 is 0. The zero-order valence-electron chi connectivity index (χ0n) is 12.1. The van der Waals surface area contributed by atoms with E-state index >= 15 is 0 Å². The lowest BCUT2D eigenvalue weighted by molar-refractivity contribution is -0.0184. The summed E-state index contributed by atoms with van der Waals surface area (Å²) in [6, 6.07) is 1.56. The minimum Gasteiger partial charge on any atom is -0.394 e. The van der Waals surface area contributed by atoms with Crippen molar-refractivity contribution in [1.29, 1.82) is 0 Å². The number of nitrogens with zero attached hydrogens (tertiary/aromatic N) is 4. The van der Waals surface area contributed by atoms with Gasteiger partial charge in [0.2, 0.25) is 0 Å². The normalized spacial score (nSPS) is 19.2. The molecule has 2 aromatic heterocycles. The van der Waals surface area contributed by atoms with Crippen molar-refractivity contribution in [2.75, 3.05) is 26.4 Å². The second-order valence-corrected chi connectivity index (χ2v) is 5.22. The van der Waals surface area contributed by atoms with Gasteiger partial charge in [0, 0.05) is 18.8 Å². The van der Waals surface area contributed by atoms with Crippen LogP contribution in [0.2, 0.25) is 0 Å². The molecular formula is C14H18N4O3. The van der Waals surface area contributed by atoms with Gasteiger partial charge in [0.1, 0.15) is 0 Å². The number of carbonyl (C=O) groups is 1. The number of rotatable bonds is 2. The Morgan fingerprint density at radius 3 is 3.10 bits per heavy atom. The van der Waals surface area contributed by atoms with Gasteiger partial charge >= 0.3 is 0 Å². The predicted molar refractivity (Wildman–Crippen MR) is 75.2 cm³/mol. The molecule has 0 spiro atoms. The molecule has 1 aliphatic heterocycles. The Morgan fingerprint density at radius 2 is 2.33 bits per heavy atom. The van der Waals surface area contributed by atoms with E-state index in [0.717, 1.165) is 17.0 Å². The Kier molecular flexibility index (Phi) is 3.60. The second kappa shape index (κ2) is 5.42. The molecule has 7 nitrogen and oxygen atoms in total. The van der Waals surface area contributed by atoms with Crippen molar-refractivity contribution in [3.8, 4) is 0 Å². The maximum Gasteiger partial charge on any atom is 0.257 e. The number of aryl methyl sites for hydroxylation is 2. The zero-order valence-corrected chi connectivity index (χ0v) is 12.1. The molecule has 0 aromatic carbocycles. The lowest BCUT2D eigenvalue weighted by Gasteiger charge is -2.34. The van der Waals surface area contributed by atoms with Crippen molar-refractivity contribution in [2.45, 2.75) is 19.9 Å². The minimum atomic E-state index is -0.305. The first-order chi connectivity index (χ1) is 10.1. The number of hydrogen-bond donors (Lipinski definition) is 1. The van der Waals surface area contributed by atoms with E-state index in [4.69, 9.17) is 4.74 Å². The number of hydrogen-bond acceptors (Lipinski definition) is 5. The van der Waals surface area contributed by atoms with Crippen LogP contribution >= 0.6 is 0 Å². The Labute approximate surface area is 122 Å². The smallest absolute Gasteiger partial charge is 0.257 e. The SMILES string of the molecule is Cc1cc2ncc(C(=O)N3CCOCC3CO)c(C)n2n1. The molecule has 7 heteroatoms. The van der Waals surface area contributed by atoms with E-state index in [1.54, 1.807) is 15.6 Å². The average molecular weight is 290 g/mol. The third-order valence-electron chi connectivity index (χ3n) is 3.78. The molecule has 112 valence electrons. The predicted octanol–water partition coefficient (Wildman–Crippen LogP) is 0.179. The van der Waals surface area contributed by atoms with Gasteiger partial charge in [-0.05, 0) is 13.8 Å². The van der Waals surface area contributed by atoms with Gasteiger partial charge in [0.05, 0.1) is 42.8 Å². The first-order valence-corrected chi connectivity index (χ1v) is 6.93. The highest BCUT2D eigenvalue weighted by Gasteiger charge is 2.29. The van der Waals surface area contributed by atoms with Crippen LogP contribution in [0.1, 0.15) is 21.7 Å². The number of aromatic nitrogens is 3. The summed E-state index contributed by atoms with van der Waals surface area (Å²) < 4.78 is 6.98. The molecule has 2 aromatic rings. The molecule has 1 N–H and O–H groups in total. The Hall–Kier alpha value is -1.99. The molecule has 1 aliphatic rings. The van der Waals surface area contributed by atoms with Gasteiger partial charge in [-0.1, -0.05) is 0 Å². The van der Waals surface area contributed by atoms with Crippen LogP contribution in [0.25, 0.3) is 5.65 Å². The maximum absolute atomic E-state index is 12.7. The van der Waals surface area contributed by atoms with Crippen molar-refractivity contribution in [3.63, 3.8) is 0 Å². The molecule has 21 heavy (non-hydrogen) atoms. The maximum atomic E-state index is 12.7. The fourth-order valence-electron chi connectivity index (χ4n) is 2.60. The number of aliphatic hydroxyl groups is 1. The highest BCUT2D eigenvalue weighted by molar-refractivity contribution is 5.95. The standard InChI is InChI=1S/C14H18N4O3/c1-9-5-13-15-6-12(10(2)18(13)16-9)14(20)17-3-4-21-8-11(17)7-19/h5-6,11,19H,3-4,7-8H2,1-2H3. The first kappa shape index (κ1) is 14.0. The Bertz CT molecular complexity index is 682. The van der Waals surface area contributed by atoms with Crippen molar-refractivity contribution in [1.82, 2.24) is 19.5 Å². The van der Waals surface area contributed by atoms with E-state index in [1.807, 2.05) is 19.9 Å². The van der Waals surface area contributed by atoms with Crippen molar-refractivity contribution < 1.29 is 14.6 Å². The van der Waals surface area contributed by atoms with Gasteiger partial charge in [-0.2, -0.15) is 5.10 Å². The van der Waals surface area contributed by atoms with E-state index in [9.17, 15) is 9.90 Å². The van der Waals surface area contributed by atoms with Crippen molar-refractivity contribution in [3.05, 3.63) is 29.2 Å². The molecule has 1 amide bonds. The molecule has 1 unspecified atom stereocenters. The largest absolute Gasteiger partial charge is 0.394 e. The van der Waals surface area contributed by atoms with Gasteiger partial charge in [-0.3, -0.25) is 4.79 Å². The second-order valence-electron chi connectivity index (χ2n) is 5.22. The molecule has 0 aliphatic carbocycles. The minimum absolute atomic E-state index is 0.110. The summed E-state index contributed by atoms with van der Waals surface area (Å²) in [4.78, 5) is 18.7. The summed E-state index contributed by atoms with van der Waals surface area (Å²) in [5.74, 6) is -0.141. The van der Waals surface area contributed by atoms with Crippen LogP contribution in [-0.2, 0) is 4.74 Å². The monoisotopic (exact) mass is 290 g/mol. The van der Waals surface area contributed by atoms with Crippen molar-refractivity contribution >= 4 is 11.6 Å². The molecule has 1 saturated heterocycles. The van der Waals surface area contributed by atoms with E-state index in [-0.39, 0.29) is 18.6 Å². The highest BCUT2D eigenvalue weighted by atomic mass is 16.5. The molecule has 3 rings (SSSR count). The topological polar surface area (TPSA) is 80.0 Å². The molecule has 0 bridgehead atoms. The molecule has 0 saturated carbocycles. The first-order valence-electron chi connectivity index (χ1n) is 6.93.